The third-order valence-electron chi connectivity index (χ3n) is 3.83. The fourth-order valence-corrected chi connectivity index (χ4v) is 2.69. The summed E-state index contributed by atoms with van der Waals surface area (Å²) in [5, 5.41) is 4.47. The smallest absolute Gasteiger partial charge is 0.0856 e. The molecule has 0 aliphatic carbocycles. The molecule has 1 aromatic heterocycles. The van der Waals surface area contributed by atoms with Gasteiger partial charge >= 0.3 is 0 Å². The summed E-state index contributed by atoms with van der Waals surface area (Å²) in [5.74, 6) is 0. The maximum Gasteiger partial charge on any atom is 0.0856 e. The Bertz CT molecular complexity index is 404. The van der Waals surface area contributed by atoms with E-state index in [1.165, 1.54) is 5.69 Å². The van der Waals surface area contributed by atoms with Crippen LogP contribution >= 0.6 is 0 Å². The van der Waals surface area contributed by atoms with Crippen molar-refractivity contribution < 1.29 is 4.74 Å². The van der Waals surface area contributed by atoms with Crippen molar-refractivity contribution in [3.63, 3.8) is 0 Å². The number of hydrogen-bond donors (Lipinski definition) is 1. The first-order valence-corrected chi connectivity index (χ1v) is 7.26. The number of ether oxygens (including phenoxy) is 1. The van der Waals surface area contributed by atoms with E-state index in [0.29, 0.717) is 0 Å². The van der Waals surface area contributed by atoms with Crippen LogP contribution in [0, 0.1) is 6.92 Å². The van der Waals surface area contributed by atoms with Gasteiger partial charge in [-0.2, -0.15) is 5.10 Å². The fourth-order valence-electron chi connectivity index (χ4n) is 2.69. The number of aryl methyl sites for hydroxylation is 2. The summed E-state index contributed by atoms with van der Waals surface area (Å²) in [7, 11) is 0. The zero-order chi connectivity index (χ0) is 13.8. The van der Waals surface area contributed by atoms with Crippen LogP contribution in [0.1, 0.15) is 25.2 Å². The minimum absolute atomic E-state index is 0.0377. The van der Waals surface area contributed by atoms with Gasteiger partial charge in [-0.3, -0.25) is 9.58 Å². The van der Waals surface area contributed by atoms with Crippen LogP contribution in [0.3, 0.4) is 0 Å². The third kappa shape index (κ3) is 3.55. The second-order valence-electron chi connectivity index (χ2n) is 5.26. The van der Waals surface area contributed by atoms with Gasteiger partial charge in [-0.1, -0.05) is 6.92 Å². The Balaban J connectivity index is 1.97. The summed E-state index contributed by atoms with van der Waals surface area (Å²) < 4.78 is 7.87. The summed E-state index contributed by atoms with van der Waals surface area (Å²) in [4.78, 5) is 2.40. The van der Waals surface area contributed by atoms with Crippen LogP contribution in [0.4, 0.5) is 0 Å². The monoisotopic (exact) mass is 266 g/mol. The summed E-state index contributed by atoms with van der Waals surface area (Å²) in [6, 6.07) is 2.17. The standard InChI is InChI=1S/C14H26N4O/c1-4-17-6-7-19-14(10-17)13(15)9-12-8-11(3)16-18(12)5-2/h8,13-14H,4-7,9-10,15H2,1-3H3. The molecule has 2 heterocycles. The minimum atomic E-state index is 0.0377. The first-order valence-electron chi connectivity index (χ1n) is 7.26. The Morgan fingerprint density at radius 3 is 2.95 bits per heavy atom. The predicted molar refractivity (Wildman–Crippen MR) is 76.2 cm³/mol. The summed E-state index contributed by atoms with van der Waals surface area (Å²) >= 11 is 0. The molecule has 2 unspecified atom stereocenters. The lowest BCUT2D eigenvalue weighted by Crippen LogP contribution is -2.51. The molecule has 0 saturated carbocycles. The molecule has 2 N–H and O–H groups in total. The predicted octanol–water partition coefficient (Wildman–Crippen LogP) is 0.802. The number of likely N-dealkylation sites (N-methyl/N-ethyl adjacent to an activating group) is 1. The highest BCUT2D eigenvalue weighted by atomic mass is 16.5. The van der Waals surface area contributed by atoms with Crippen LogP contribution in [-0.4, -0.2) is 53.1 Å². The topological polar surface area (TPSA) is 56.3 Å². The highest BCUT2D eigenvalue weighted by Gasteiger charge is 2.26. The molecule has 19 heavy (non-hydrogen) atoms. The number of morpholine rings is 1. The molecular formula is C14H26N4O. The minimum Gasteiger partial charge on any atom is -0.374 e. The van der Waals surface area contributed by atoms with Crippen molar-refractivity contribution >= 4 is 0 Å². The maximum absolute atomic E-state index is 6.34. The number of rotatable bonds is 5. The number of nitrogens with two attached hydrogens (primary N) is 1. The summed E-state index contributed by atoms with van der Waals surface area (Å²) in [6.07, 6.45) is 0.964. The molecule has 1 aliphatic heterocycles. The summed E-state index contributed by atoms with van der Waals surface area (Å²) in [5.41, 5.74) is 8.61. The molecule has 2 rings (SSSR count). The van der Waals surface area contributed by atoms with Crippen molar-refractivity contribution in [2.24, 2.45) is 5.73 Å². The first-order chi connectivity index (χ1) is 9.13. The van der Waals surface area contributed by atoms with E-state index in [9.17, 15) is 0 Å². The quantitative estimate of drug-likeness (QED) is 0.856. The van der Waals surface area contributed by atoms with Crippen molar-refractivity contribution in [3.05, 3.63) is 17.5 Å². The molecule has 1 saturated heterocycles. The van der Waals surface area contributed by atoms with E-state index in [-0.39, 0.29) is 12.1 Å². The summed E-state index contributed by atoms with van der Waals surface area (Å²) in [6.45, 7) is 11.0. The Morgan fingerprint density at radius 2 is 2.26 bits per heavy atom. The van der Waals surface area contributed by atoms with Crippen molar-refractivity contribution in [1.82, 2.24) is 14.7 Å². The Labute approximate surface area is 115 Å². The van der Waals surface area contributed by atoms with E-state index in [1.807, 2.05) is 11.6 Å². The Kier molecular flexibility index (Phi) is 4.96. The lowest BCUT2D eigenvalue weighted by Gasteiger charge is -2.35. The van der Waals surface area contributed by atoms with Gasteiger partial charge in [-0.15, -0.1) is 0 Å². The maximum atomic E-state index is 6.34. The van der Waals surface area contributed by atoms with Gasteiger partial charge in [0, 0.05) is 37.8 Å². The SMILES string of the molecule is CCN1CCOC(C(N)Cc2cc(C)nn2CC)C1. The Morgan fingerprint density at radius 1 is 1.47 bits per heavy atom. The lowest BCUT2D eigenvalue weighted by atomic mass is 10.0. The van der Waals surface area contributed by atoms with Crippen LogP contribution < -0.4 is 5.73 Å². The van der Waals surface area contributed by atoms with Gasteiger partial charge in [0.05, 0.1) is 18.4 Å². The molecule has 0 amide bonds. The zero-order valence-corrected chi connectivity index (χ0v) is 12.3. The highest BCUT2D eigenvalue weighted by molar-refractivity contribution is 5.11. The van der Waals surface area contributed by atoms with Gasteiger partial charge in [0.25, 0.3) is 0 Å². The van der Waals surface area contributed by atoms with Crippen LogP contribution in [0.15, 0.2) is 6.07 Å². The number of aromatic nitrogens is 2. The van der Waals surface area contributed by atoms with Crippen LogP contribution in [-0.2, 0) is 17.7 Å². The molecule has 0 bridgehead atoms. The van der Waals surface area contributed by atoms with Crippen molar-refractivity contribution in [2.45, 2.75) is 45.9 Å². The van der Waals surface area contributed by atoms with Crippen molar-refractivity contribution in [1.29, 1.82) is 0 Å². The molecule has 1 aromatic rings. The molecule has 5 heteroatoms. The van der Waals surface area contributed by atoms with Gasteiger partial charge in [-0.25, -0.2) is 0 Å². The molecule has 1 aliphatic rings. The molecule has 2 atom stereocenters. The van der Waals surface area contributed by atoms with Crippen LogP contribution in [0.2, 0.25) is 0 Å². The average Bonchev–Trinajstić information content (AvgIpc) is 2.78. The Hall–Kier alpha value is -0.910. The van der Waals surface area contributed by atoms with Crippen LogP contribution in [0.25, 0.3) is 0 Å². The van der Waals surface area contributed by atoms with E-state index < -0.39 is 0 Å². The van der Waals surface area contributed by atoms with E-state index >= 15 is 0 Å². The van der Waals surface area contributed by atoms with Gasteiger partial charge in [0.15, 0.2) is 0 Å². The van der Waals surface area contributed by atoms with E-state index in [4.69, 9.17) is 10.5 Å². The zero-order valence-electron chi connectivity index (χ0n) is 12.3. The molecule has 0 radical (unpaired) electrons. The molecule has 0 aromatic carbocycles. The molecule has 0 spiro atoms. The van der Waals surface area contributed by atoms with Gasteiger partial charge in [0.2, 0.25) is 0 Å². The second kappa shape index (κ2) is 6.50. The second-order valence-corrected chi connectivity index (χ2v) is 5.26. The highest BCUT2D eigenvalue weighted by Crippen LogP contribution is 2.13. The van der Waals surface area contributed by atoms with Crippen LogP contribution in [0.5, 0.6) is 0 Å². The number of nitrogens with zero attached hydrogens (tertiary/aromatic N) is 3. The molecular weight excluding hydrogens is 240 g/mol. The lowest BCUT2D eigenvalue weighted by molar-refractivity contribution is -0.0387. The third-order valence-corrected chi connectivity index (χ3v) is 3.83. The molecule has 108 valence electrons. The average molecular weight is 266 g/mol. The van der Waals surface area contributed by atoms with Gasteiger partial charge in [-0.05, 0) is 26.5 Å². The van der Waals surface area contributed by atoms with Gasteiger partial charge < -0.3 is 10.5 Å². The first kappa shape index (κ1) is 14.5. The van der Waals surface area contributed by atoms with Gasteiger partial charge in [0.1, 0.15) is 0 Å². The number of hydrogen-bond acceptors (Lipinski definition) is 4. The van der Waals surface area contributed by atoms with E-state index in [0.717, 1.165) is 44.9 Å². The molecule has 1 fully saturated rings. The fraction of sp³-hybridized carbons (Fsp3) is 0.786. The van der Waals surface area contributed by atoms with E-state index in [2.05, 4.69) is 29.9 Å². The van der Waals surface area contributed by atoms with Crippen molar-refractivity contribution in [3.8, 4) is 0 Å². The van der Waals surface area contributed by atoms with Crippen molar-refractivity contribution in [2.75, 3.05) is 26.2 Å². The molecule has 5 nitrogen and oxygen atoms in total. The largest absolute Gasteiger partial charge is 0.374 e. The van der Waals surface area contributed by atoms with E-state index in [1.54, 1.807) is 0 Å². The normalized spacial score (nSPS) is 22.6.